The van der Waals surface area contributed by atoms with E-state index in [0.29, 0.717) is 17.2 Å². The average Bonchev–Trinajstić information content (AvgIpc) is 3.23. The van der Waals surface area contributed by atoms with Crippen molar-refractivity contribution in [1.29, 1.82) is 0 Å². The maximum absolute atomic E-state index is 5.49. The second kappa shape index (κ2) is 13.5. The van der Waals surface area contributed by atoms with Crippen molar-refractivity contribution in [3.8, 4) is 17.2 Å². The maximum atomic E-state index is 5.49. The van der Waals surface area contributed by atoms with E-state index in [2.05, 4.69) is 27.1 Å². The summed E-state index contributed by atoms with van der Waals surface area (Å²) in [7, 11) is 6.86. The van der Waals surface area contributed by atoms with E-state index < -0.39 is 0 Å². The molecular formula is C23H37IN6O3. The highest BCUT2D eigenvalue weighted by molar-refractivity contribution is 14.0. The normalized spacial score (nSPS) is 14.6. The first-order chi connectivity index (χ1) is 15.6. The van der Waals surface area contributed by atoms with Gasteiger partial charge in [0.1, 0.15) is 0 Å². The van der Waals surface area contributed by atoms with Gasteiger partial charge in [0.05, 0.1) is 27.5 Å². The smallest absolute Gasteiger partial charge is 0.203 e. The summed E-state index contributed by atoms with van der Waals surface area (Å²) in [5.41, 5.74) is 2.35. The van der Waals surface area contributed by atoms with Crippen LogP contribution in [0.5, 0.6) is 17.2 Å². The van der Waals surface area contributed by atoms with Crippen molar-refractivity contribution in [3.05, 3.63) is 35.7 Å². The Hall–Kier alpha value is -2.21. The first-order valence-corrected chi connectivity index (χ1v) is 11.1. The average molecular weight is 572 g/mol. The van der Waals surface area contributed by atoms with Crippen LogP contribution in [0, 0.1) is 0 Å². The molecule has 0 saturated carbocycles. The van der Waals surface area contributed by atoms with Crippen LogP contribution in [-0.2, 0) is 20.0 Å². The second-order valence-corrected chi connectivity index (χ2v) is 7.80. The van der Waals surface area contributed by atoms with Gasteiger partial charge in [-0.05, 0) is 36.6 Å². The molecule has 9 nitrogen and oxygen atoms in total. The molecule has 0 spiro atoms. The molecule has 2 aromatic rings. The molecule has 1 aromatic heterocycles. The molecule has 1 N–H and O–H groups in total. The molecule has 3 rings (SSSR count). The Bertz CT molecular complexity index is 871. The topological polar surface area (TPSA) is 76.4 Å². The molecule has 184 valence electrons. The van der Waals surface area contributed by atoms with Gasteiger partial charge >= 0.3 is 0 Å². The van der Waals surface area contributed by atoms with Gasteiger partial charge in [-0.2, -0.15) is 5.10 Å². The van der Waals surface area contributed by atoms with Crippen LogP contribution < -0.4 is 19.5 Å². The standard InChI is InChI=1S/C23H36N6O3.HI/c1-6-24-23(25-8-7-18-15-26-27(2)16-18)29-11-9-28(10-12-29)17-19-13-20(30-3)22(32-5)21(14-19)31-4;/h13-16H,6-12,17H2,1-5H3,(H,24,25);1H. The maximum Gasteiger partial charge on any atom is 0.203 e. The Labute approximate surface area is 214 Å². The van der Waals surface area contributed by atoms with Crippen molar-refractivity contribution in [2.75, 3.05) is 60.6 Å². The zero-order valence-corrected chi connectivity index (χ0v) is 22.7. The molecule has 0 radical (unpaired) electrons. The molecule has 10 heteroatoms. The third kappa shape index (κ3) is 7.39. The van der Waals surface area contributed by atoms with Crippen molar-refractivity contribution in [3.63, 3.8) is 0 Å². The number of aryl methyl sites for hydroxylation is 1. The fourth-order valence-corrected chi connectivity index (χ4v) is 3.92. The first-order valence-electron chi connectivity index (χ1n) is 11.1. The van der Waals surface area contributed by atoms with Gasteiger partial charge in [0.15, 0.2) is 17.5 Å². The van der Waals surface area contributed by atoms with Crippen LogP contribution in [0.15, 0.2) is 29.5 Å². The third-order valence-electron chi connectivity index (χ3n) is 5.56. The highest BCUT2D eigenvalue weighted by Gasteiger charge is 2.21. The number of hydrogen-bond acceptors (Lipinski definition) is 6. The van der Waals surface area contributed by atoms with Crippen molar-refractivity contribution in [2.45, 2.75) is 19.9 Å². The van der Waals surface area contributed by atoms with E-state index >= 15 is 0 Å². The lowest BCUT2D eigenvalue weighted by Crippen LogP contribution is -2.52. The minimum atomic E-state index is 0. The monoisotopic (exact) mass is 572 g/mol. The number of halogens is 1. The van der Waals surface area contributed by atoms with Gasteiger partial charge in [-0.25, -0.2) is 0 Å². The Kier molecular flexibility index (Phi) is 11.0. The highest BCUT2D eigenvalue weighted by atomic mass is 127. The van der Waals surface area contributed by atoms with Crippen LogP contribution in [0.4, 0.5) is 0 Å². The molecule has 1 aliphatic rings. The van der Waals surface area contributed by atoms with Gasteiger partial charge in [-0.3, -0.25) is 14.6 Å². The van der Waals surface area contributed by atoms with E-state index in [1.807, 2.05) is 36.3 Å². The van der Waals surface area contributed by atoms with E-state index in [0.717, 1.165) is 63.8 Å². The van der Waals surface area contributed by atoms with E-state index in [4.69, 9.17) is 19.2 Å². The Balaban J connectivity index is 0.00000385. The summed E-state index contributed by atoms with van der Waals surface area (Å²) in [6.07, 6.45) is 4.85. The van der Waals surface area contributed by atoms with Gasteiger partial charge in [0, 0.05) is 59.1 Å². The lowest BCUT2D eigenvalue weighted by Gasteiger charge is -2.36. The van der Waals surface area contributed by atoms with Gasteiger partial charge in [-0.1, -0.05) is 0 Å². The summed E-state index contributed by atoms with van der Waals surface area (Å²) in [6, 6.07) is 4.05. The quantitative estimate of drug-likeness (QED) is 0.281. The summed E-state index contributed by atoms with van der Waals surface area (Å²) in [4.78, 5) is 9.63. The fourth-order valence-electron chi connectivity index (χ4n) is 3.92. The molecule has 33 heavy (non-hydrogen) atoms. The summed E-state index contributed by atoms with van der Waals surface area (Å²) < 4.78 is 18.3. The number of rotatable bonds is 9. The first kappa shape index (κ1) is 27.0. The highest BCUT2D eigenvalue weighted by Crippen LogP contribution is 2.38. The molecule has 1 saturated heterocycles. The number of ether oxygens (including phenoxy) is 3. The number of aliphatic imine (C=N–C) groups is 1. The molecule has 0 atom stereocenters. The van der Waals surface area contributed by atoms with Gasteiger partial charge in [0.2, 0.25) is 5.75 Å². The van der Waals surface area contributed by atoms with Gasteiger partial charge in [0.25, 0.3) is 0 Å². The third-order valence-corrected chi connectivity index (χ3v) is 5.56. The molecular weight excluding hydrogens is 535 g/mol. The summed E-state index contributed by atoms with van der Waals surface area (Å²) in [5, 5.41) is 7.67. The molecule has 2 heterocycles. The molecule has 0 bridgehead atoms. The molecule has 1 fully saturated rings. The summed E-state index contributed by atoms with van der Waals surface area (Å²) >= 11 is 0. The number of methoxy groups -OCH3 is 3. The van der Waals surface area contributed by atoms with Crippen LogP contribution in [0.1, 0.15) is 18.1 Å². The molecule has 0 unspecified atom stereocenters. The SMILES string of the molecule is CCNC(=NCCc1cnn(C)c1)N1CCN(Cc2cc(OC)c(OC)c(OC)c2)CC1.I. The number of piperazine rings is 1. The second-order valence-electron chi connectivity index (χ2n) is 7.80. The predicted octanol–water partition coefficient (Wildman–Crippen LogP) is 2.39. The van der Waals surface area contributed by atoms with Gasteiger partial charge in [-0.15, -0.1) is 24.0 Å². The minimum Gasteiger partial charge on any atom is -0.493 e. The molecule has 1 aromatic carbocycles. The van der Waals surface area contributed by atoms with Crippen LogP contribution in [0.25, 0.3) is 0 Å². The largest absolute Gasteiger partial charge is 0.493 e. The van der Waals surface area contributed by atoms with Crippen molar-refractivity contribution < 1.29 is 14.2 Å². The van der Waals surface area contributed by atoms with E-state index in [1.54, 1.807) is 21.3 Å². The number of aromatic nitrogens is 2. The minimum absolute atomic E-state index is 0. The Morgan fingerprint density at radius 3 is 2.21 bits per heavy atom. The van der Waals surface area contributed by atoms with Crippen molar-refractivity contribution in [1.82, 2.24) is 24.9 Å². The lowest BCUT2D eigenvalue weighted by atomic mass is 10.1. The zero-order valence-electron chi connectivity index (χ0n) is 20.3. The van der Waals surface area contributed by atoms with Crippen LogP contribution in [-0.4, -0.2) is 86.1 Å². The predicted molar refractivity (Wildman–Crippen MR) is 141 cm³/mol. The van der Waals surface area contributed by atoms with Crippen LogP contribution in [0.2, 0.25) is 0 Å². The fraction of sp³-hybridized carbons (Fsp3) is 0.565. The number of hydrogen-bond donors (Lipinski definition) is 1. The van der Waals surface area contributed by atoms with Crippen LogP contribution >= 0.6 is 24.0 Å². The van der Waals surface area contributed by atoms with Crippen LogP contribution in [0.3, 0.4) is 0 Å². The van der Waals surface area contributed by atoms with E-state index in [1.165, 1.54) is 5.56 Å². The summed E-state index contributed by atoms with van der Waals surface area (Å²) in [6.45, 7) is 8.34. The number of nitrogens with one attached hydrogen (secondary N) is 1. The summed E-state index contributed by atoms with van der Waals surface area (Å²) in [5.74, 6) is 3.00. The van der Waals surface area contributed by atoms with E-state index in [-0.39, 0.29) is 24.0 Å². The van der Waals surface area contributed by atoms with E-state index in [9.17, 15) is 0 Å². The lowest BCUT2D eigenvalue weighted by molar-refractivity contribution is 0.172. The zero-order chi connectivity index (χ0) is 22.9. The van der Waals surface area contributed by atoms with Crippen molar-refractivity contribution >= 4 is 29.9 Å². The molecule has 0 aliphatic carbocycles. The Morgan fingerprint density at radius 1 is 1.03 bits per heavy atom. The Morgan fingerprint density at radius 2 is 1.70 bits per heavy atom. The van der Waals surface area contributed by atoms with Crippen molar-refractivity contribution in [2.24, 2.45) is 12.0 Å². The molecule has 1 aliphatic heterocycles. The number of nitrogens with zero attached hydrogens (tertiary/aromatic N) is 5. The van der Waals surface area contributed by atoms with Gasteiger partial charge < -0.3 is 24.4 Å². The number of benzene rings is 1. The number of guanidine groups is 1. The molecule has 0 amide bonds.